The number of ether oxygens (including phenoxy) is 1. The van der Waals surface area contributed by atoms with Crippen LogP contribution >= 0.6 is 0 Å². The number of aromatic nitrogens is 1. The summed E-state index contributed by atoms with van der Waals surface area (Å²) in [5.41, 5.74) is 1.72. The Hall–Kier alpha value is -2.16. The first-order chi connectivity index (χ1) is 9.16. The van der Waals surface area contributed by atoms with E-state index in [1.54, 1.807) is 18.3 Å². The fourth-order valence-corrected chi connectivity index (χ4v) is 1.68. The first-order valence-electron chi connectivity index (χ1n) is 6.34. The Morgan fingerprint density at radius 1 is 1.16 bits per heavy atom. The van der Waals surface area contributed by atoms with E-state index in [1.165, 1.54) is 0 Å². The topological polar surface area (TPSA) is 39.2 Å². The maximum Gasteiger partial charge on any atom is 0.213 e. The lowest BCUT2D eigenvalue weighted by Crippen LogP contribution is -2.08. The molecule has 0 aliphatic rings. The van der Waals surface area contributed by atoms with Crippen molar-refractivity contribution in [2.24, 2.45) is 5.92 Å². The van der Waals surface area contributed by atoms with Crippen LogP contribution in [0.5, 0.6) is 5.88 Å². The van der Waals surface area contributed by atoms with Crippen LogP contribution in [0, 0.1) is 5.92 Å². The van der Waals surface area contributed by atoms with Crippen LogP contribution in [-0.4, -0.2) is 10.8 Å². The maximum absolute atomic E-state index is 11.8. The SMILES string of the molecule is CC(C)C(=O)c1ccc(OCc2ccccc2)nc1. The maximum atomic E-state index is 11.8. The third-order valence-electron chi connectivity index (χ3n) is 2.77. The standard InChI is InChI=1S/C16H17NO2/c1-12(2)16(18)14-8-9-15(17-10-14)19-11-13-6-4-3-5-7-13/h3-10,12H,11H2,1-2H3. The molecule has 3 nitrogen and oxygen atoms in total. The van der Waals surface area contributed by atoms with Gasteiger partial charge < -0.3 is 4.74 Å². The van der Waals surface area contributed by atoms with Crippen molar-refractivity contribution >= 4 is 5.78 Å². The van der Waals surface area contributed by atoms with E-state index in [-0.39, 0.29) is 11.7 Å². The summed E-state index contributed by atoms with van der Waals surface area (Å²) in [6.07, 6.45) is 1.57. The van der Waals surface area contributed by atoms with Crippen LogP contribution in [0.4, 0.5) is 0 Å². The van der Waals surface area contributed by atoms with Gasteiger partial charge in [-0.1, -0.05) is 44.2 Å². The largest absolute Gasteiger partial charge is 0.473 e. The van der Waals surface area contributed by atoms with Gasteiger partial charge in [0.2, 0.25) is 5.88 Å². The quantitative estimate of drug-likeness (QED) is 0.768. The average molecular weight is 255 g/mol. The van der Waals surface area contributed by atoms with Gasteiger partial charge in [0.15, 0.2) is 5.78 Å². The molecule has 0 unspecified atom stereocenters. The molecule has 0 spiro atoms. The minimum atomic E-state index is -0.0158. The van der Waals surface area contributed by atoms with Crippen LogP contribution in [0.3, 0.4) is 0 Å². The second kappa shape index (κ2) is 6.14. The van der Waals surface area contributed by atoms with Crippen LogP contribution in [0.2, 0.25) is 0 Å². The van der Waals surface area contributed by atoms with E-state index in [2.05, 4.69) is 4.98 Å². The highest BCUT2D eigenvalue weighted by molar-refractivity contribution is 5.97. The first-order valence-corrected chi connectivity index (χ1v) is 6.34. The summed E-state index contributed by atoms with van der Waals surface area (Å²) in [6, 6.07) is 13.4. The Labute approximate surface area is 113 Å². The molecule has 0 amide bonds. The van der Waals surface area contributed by atoms with Crippen molar-refractivity contribution in [1.29, 1.82) is 0 Å². The van der Waals surface area contributed by atoms with Crippen molar-refractivity contribution in [1.82, 2.24) is 4.98 Å². The van der Waals surface area contributed by atoms with Crippen molar-refractivity contribution in [3.63, 3.8) is 0 Å². The molecule has 0 fully saturated rings. The summed E-state index contributed by atoms with van der Waals surface area (Å²) in [4.78, 5) is 15.9. The van der Waals surface area contributed by atoms with Crippen LogP contribution in [-0.2, 0) is 6.61 Å². The number of pyridine rings is 1. The van der Waals surface area contributed by atoms with Crippen LogP contribution in [0.15, 0.2) is 48.7 Å². The molecule has 0 atom stereocenters. The Kier molecular flexibility index (Phi) is 4.29. The van der Waals surface area contributed by atoms with Crippen molar-refractivity contribution in [2.45, 2.75) is 20.5 Å². The summed E-state index contributed by atoms with van der Waals surface area (Å²) in [5.74, 6) is 0.615. The highest BCUT2D eigenvalue weighted by atomic mass is 16.5. The number of Topliss-reactive ketones (excluding diaryl/α,β-unsaturated/α-hetero) is 1. The minimum absolute atomic E-state index is 0.0158. The second-order valence-corrected chi connectivity index (χ2v) is 4.68. The van der Waals surface area contributed by atoms with E-state index in [1.807, 2.05) is 44.2 Å². The van der Waals surface area contributed by atoms with Gasteiger partial charge in [0, 0.05) is 23.7 Å². The Balaban J connectivity index is 1.98. The van der Waals surface area contributed by atoms with E-state index in [0.717, 1.165) is 5.56 Å². The predicted octanol–water partition coefficient (Wildman–Crippen LogP) is 3.50. The molecule has 98 valence electrons. The van der Waals surface area contributed by atoms with Gasteiger partial charge in [0.1, 0.15) is 6.61 Å². The molecule has 1 heterocycles. The third kappa shape index (κ3) is 3.65. The number of nitrogens with zero attached hydrogens (tertiary/aromatic N) is 1. The molecule has 0 saturated carbocycles. The Morgan fingerprint density at radius 2 is 1.89 bits per heavy atom. The van der Waals surface area contributed by atoms with E-state index in [4.69, 9.17) is 4.74 Å². The molecule has 19 heavy (non-hydrogen) atoms. The van der Waals surface area contributed by atoms with Gasteiger partial charge in [-0.15, -0.1) is 0 Å². The predicted molar refractivity (Wildman–Crippen MR) is 74.2 cm³/mol. The summed E-state index contributed by atoms with van der Waals surface area (Å²) in [5, 5.41) is 0. The molecule has 0 saturated heterocycles. The fourth-order valence-electron chi connectivity index (χ4n) is 1.68. The zero-order chi connectivity index (χ0) is 13.7. The minimum Gasteiger partial charge on any atom is -0.473 e. The lowest BCUT2D eigenvalue weighted by molar-refractivity contribution is 0.0939. The monoisotopic (exact) mass is 255 g/mol. The average Bonchev–Trinajstić information content (AvgIpc) is 2.46. The van der Waals surface area contributed by atoms with Gasteiger partial charge in [-0.25, -0.2) is 4.98 Å². The molecule has 2 rings (SSSR count). The van der Waals surface area contributed by atoms with Gasteiger partial charge in [-0.2, -0.15) is 0 Å². The molecule has 1 aromatic carbocycles. The molecular weight excluding hydrogens is 238 g/mol. The smallest absolute Gasteiger partial charge is 0.213 e. The van der Waals surface area contributed by atoms with E-state index < -0.39 is 0 Å². The summed E-state index contributed by atoms with van der Waals surface area (Å²) >= 11 is 0. The number of rotatable bonds is 5. The van der Waals surface area contributed by atoms with Crippen molar-refractivity contribution in [2.75, 3.05) is 0 Å². The van der Waals surface area contributed by atoms with E-state index in [9.17, 15) is 4.79 Å². The molecule has 0 N–H and O–H groups in total. The first kappa shape index (κ1) is 13.3. The van der Waals surface area contributed by atoms with Gasteiger partial charge in [-0.3, -0.25) is 4.79 Å². The van der Waals surface area contributed by atoms with Gasteiger partial charge in [0.05, 0.1) is 0 Å². The van der Waals surface area contributed by atoms with Crippen LogP contribution in [0.25, 0.3) is 0 Å². The van der Waals surface area contributed by atoms with Crippen molar-refractivity contribution in [3.8, 4) is 5.88 Å². The van der Waals surface area contributed by atoms with E-state index >= 15 is 0 Å². The normalized spacial score (nSPS) is 10.5. The summed E-state index contributed by atoms with van der Waals surface area (Å²) in [7, 11) is 0. The second-order valence-electron chi connectivity index (χ2n) is 4.68. The molecule has 2 aromatic rings. The molecule has 0 aliphatic heterocycles. The number of carbonyl (C=O) groups excluding carboxylic acids is 1. The van der Waals surface area contributed by atoms with Crippen molar-refractivity contribution < 1.29 is 9.53 Å². The highest BCUT2D eigenvalue weighted by Crippen LogP contribution is 2.13. The van der Waals surface area contributed by atoms with Gasteiger partial charge in [0.25, 0.3) is 0 Å². The van der Waals surface area contributed by atoms with Gasteiger partial charge >= 0.3 is 0 Å². The molecule has 0 radical (unpaired) electrons. The number of carbonyl (C=O) groups is 1. The summed E-state index contributed by atoms with van der Waals surface area (Å²) in [6.45, 7) is 4.23. The van der Waals surface area contributed by atoms with Crippen molar-refractivity contribution in [3.05, 3.63) is 59.8 Å². The molecule has 3 heteroatoms. The zero-order valence-electron chi connectivity index (χ0n) is 11.2. The number of ketones is 1. The lowest BCUT2D eigenvalue weighted by Gasteiger charge is -2.07. The molecule has 1 aromatic heterocycles. The van der Waals surface area contributed by atoms with Gasteiger partial charge in [-0.05, 0) is 11.6 Å². The highest BCUT2D eigenvalue weighted by Gasteiger charge is 2.10. The zero-order valence-corrected chi connectivity index (χ0v) is 11.2. The Bertz CT molecular complexity index is 532. The fraction of sp³-hybridized carbons (Fsp3) is 0.250. The van der Waals surface area contributed by atoms with Crippen LogP contribution < -0.4 is 4.74 Å². The van der Waals surface area contributed by atoms with E-state index in [0.29, 0.717) is 18.1 Å². The Morgan fingerprint density at radius 3 is 2.47 bits per heavy atom. The molecule has 0 bridgehead atoms. The van der Waals surface area contributed by atoms with Crippen LogP contribution in [0.1, 0.15) is 29.8 Å². The number of benzene rings is 1. The summed E-state index contributed by atoms with van der Waals surface area (Å²) < 4.78 is 5.56. The number of hydrogen-bond acceptors (Lipinski definition) is 3. The molecular formula is C16H17NO2. The third-order valence-corrected chi connectivity index (χ3v) is 2.77. The number of hydrogen-bond donors (Lipinski definition) is 0. The lowest BCUT2D eigenvalue weighted by atomic mass is 10.0. The molecule has 0 aliphatic carbocycles.